The van der Waals surface area contributed by atoms with Gasteiger partial charge in [-0.1, -0.05) is 60.7 Å². The van der Waals surface area contributed by atoms with Gasteiger partial charge in [-0.15, -0.1) is 0 Å². The molecule has 0 atom stereocenters. The molecule has 1 aliphatic heterocycles. The van der Waals surface area contributed by atoms with Gasteiger partial charge in [-0.05, 0) is 30.3 Å². The van der Waals surface area contributed by atoms with E-state index in [4.69, 9.17) is 17.0 Å². The number of ether oxygens (including phenoxy) is 1. The molecule has 31 heavy (non-hydrogen) atoms. The first-order chi connectivity index (χ1) is 15.1. The minimum absolute atomic E-state index is 0.0614. The van der Waals surface area contributed by atoms with Crippen molar-refractivity contribution in [3.8, 4) is 0 Å². The second-order valence-corrected chi connectivity index (χ2v) is 7.79. The van der Waals surface area contributed by atoms with Gasteiger partial charge in [0.15, 0.2) is 5.11 Å². The Morgan fingerprint density at radius 3 is 2.00 bits per heavy atom. The molecule has 164 valence electrons. The first kappa shape index (κ1) is 22.9. The van der Waals surface area contributed by atoms with Gasteiger partial charge < -0.3 is 15.0 Å². The van der Waals surface area contributed by atoms with Crippen LogP contribution < -0.4 is 5.32 Å². The maximum absolute atomic E-state index is 12.1. The fourth-order valence-corrected chi connectivity index (χ4v) is 4.07. The number of piperazine rings is 1. The molecule has 1 amide bonds. The molecule has 7 heteroatoms. The first-order valence-electron chi connectivity index (χ1n) is 10.7. The summed E-state index contributed by atoms with van der Waals surface area (Å²) in [5.74, 6) is -0.628. The summed E-state index contributed by atoms with van der Waals surface area (Å²) in [4.78, 5) is 28.0. The van der Waals surface area contributed by atoms with Crippen molar-refractivity contribution in [3.05, 3.63) is 71.8 Å². The highest BCUT2D eigenvalue weighted by Gasteiger charge is 2.27. The summed E-state index contributed by atoms with van der Waals surface area (Å²) in [7, 11) is 0. The van der Waals surface area contributed by atoms with Gasteiger partial charge in [0.1, 0.15) is 0 Å². The van der Waals surface area contributed by atoms with Gasteiger partial charge in [-0.2, -0.15) is 0 Å². The molecule has 2 aromatic carbocycles. The van der Waals surface area contributed by atoms with Crippen molar-refractivity contribution in [2.75, 3.05) is 32.8 Å². The zero-order valence-corrected chi connectivity index (χ0v) is 18.6. The maximum atomic E-state index is 12.1. The Balaban J connectivity index is 1.56. The van der Waals surface area contributed by atoms with Crippen LogP contribution in [0.2, 0.25) is 0 Å². The zero-order valence-electron chi connectivity index (χ0n) is 17.8. The van der Waals surface area contributed by atoms with E-state index >= 15 is 0 Å². The van der Waals surface area contributed by atoms with Crippen LogP contribution in [0.4, 0.5) is 0 Å². The molecular formula is C24H29N3O3S. The monoisotopic (exact) mass is 439 g/mol. The lowest BCUT2D eigenvalue weighted by atomic mass is 9.96. The summed E-state index contributed by atoms with van der Waals surface area (Å²) in [5, 5.41) is 3.17. The first-order valence-corrected chi connectivity index (χ1v) is 11.1. The quantitative estimate of drug-likeness (QED) is 0.528. The number of nitrogens with zero attached hydrogens (tertiary/aromatic N) is 2. The third-order valence-electron chi connectivity index (χ3n) is 5.31. The molecule has 0 aliphatic carbocycles. The normalized spacial score (nSPS) is 14.3. The lowest BCUT2D eigenvalue weighted by Crippen LogP contribution is -2.53. The molecule has 0 saturated carbocycles. The van der Waals surface area contributed by atoms with Crippen molar-refractivity contribution in [3.63, 3.8) is 0 Å². The minimum atomic E-state index is -0.370. The molecule has 1 saturated heterocycles. The fraction of sp³-hybridized carbons (Fsp3) is 0.375. The van der Waals surface area contributed by atoms with Crippen molar-refractivity contribution in [2.24, 2.45) is 0 Å². The van der Waals surface area contributed by atoms with Crippen molar-refractivity contribution in [2.45, 2.75) is 25.8 Å². The smallest absolute Gasteiger partial charge is 0.306 e. The molecule has 1 aliphatic rings. The average Bonchev–Trinajstić information content (AvgIpc) is 2.80. The maximum Gasteiger partial charge on any atom is 0.306 e. The number of hydrogen-bond donors (Lipinski definition) is 1. The van der Waals surface area contributed by atoms with E-state index in [0.29, 0.717) is 11.7 Å². The van der Waals surface area contributed by atoms with E-state index in [1.165, 1.54) is 11.1 Å². The van der Waals surface area contributed by atoms with Crippen LogP contribution in [-0.2, 0) is 14.3 Å². The third-order valence-corrected chi connectivity index (χ3v) is 5.67. The highest BCUT2D eigenvalue weighted by Crippen LogP contribution is 2.29. The van der Waals surface area contributed by atoms with Crippen LogP contribution in [0.15, 0.2) is 60.7 Å². The standard InChI is InChI=1S/C24H29N3O3S/c1-2-30-22(29)14-13-21(28)25-24(31)27-17-15-26(16-18-27)23(19-9-5-3-6-10-19)20-11-7-4-8-12-20/h3-12,23H,2,13-18H2,1H3,(H,25,28,31). The molecule has 0 radical (unpaired) electrons. The number of thiocarbonyl (C=S) groups is 1. The van der Waals surface area contributed by atoms with Crippen molar-refractivity contribution >= 4 is 29.2 Å². The lowest BCUT2D eigenvalue weighted by Gasteiger charge is -2.40. The van der Waals surface area contributed by atoms with Gasteiger partial charge in [0.2, 0.25) is 5.91 Å². The highest BCUT2D eigenvalue weighted by atomic mass is 32.1. The van der Waals surface area contributed by atoms with Crippen LogP contribution in [0.3, 0.4) is 0 Å². The second kappa shape index (κ2) is 11.6. The number of carbonyl (C=O) groups excluding carboxylic acids is 2. The van der Waals surface area contributed by atoms with E-state index in [1.54, 1.807) is 6.92 Å². The number of benzene rings is 2. The number of hydrogen-bond acceptors (Lipinski definition) is 5. The largest absolute Gasteiger partial charge is 0.466 e. The number of rotatable bonds is 7. The summed E-state index contributed by atoms with van der Waals surface area (Å²) >= 11 is 5.43. The van der Waals surface area contributed by atoms with Crippen LogP contribution in [-0.4, -0.2) is 59.6 Å². The SMILES string of the molecule is CCOC(=O)CCC(=O)NC(=S)N1CCN(C(c2ccccc2)c2ccccc2)CC1. The Hall–Kier alpha value is -2.77. The van der Waals surface area contributed by atoms with E-state index in [1.807, 2.05) is 17.0 Å². The summed E-state index contributed by atoms with van der Waals surface area (Å²) in [6, 6.07) is 21.2. The summed E-state index contributed by atoms with van der Waals surface area (Å²) < 4.78 is 4.85. The van der Waals surface area contributed by atoms with Gasteiger partial charge in [-0.3, -0.25) is 14.5 Å². The Labute approximate surface area is 189 Å². The number of esters is 1. The van der Waals surface area contributed by atoms with Gasteiger partial charge in [0, 0.05) is 32.6 Å². The van der Waals surface area contributed by atoms with E-state index < -0.39 is 0 Å². The molecular weight excluding hydrogens is 410 g/mol. The van der Waals surface area contributed by atoms with Crippen LogP contribution in [0, 0.1) is 0 Å². The highest BCUT2D eigenvalue weighted by molar-refractivity contribution is 7.80. The van der Waals surface area contributed by atoms with Crippen LogP contribution in [0.1, 0.15) is 36.9 Å². The molecule has 0 bridgehead atoms. The minimum Gasteiger partial charge on any atom is -0.466 e. The molecule has 0 unspecified atom stereocenters. The Kier molecular flexibility index (Phi) is 8.55. The summed E-state index contributed by atoms with van der Waals surface area (Å²) in [6.07, 6.45) is 0.134. The Morgan fingerprint density at radius 2 is 1.48 bits per heavy atom. The Morgan fingerprint density at radius 1 is 0.935 bits per heavy atom. The third kappa shape index (κ3) is 6.60. The molecule has 1 N–H and O–H groups in total. The van der Waals surface area contributed by atoms with Gasteiger partial charge in [-0.25, -0.2) is 0 Å². The van der Waals surface area contributed by atoms with E-state index in [0.717, 1.165) is 26.2 Å². The topological polar surface area (TPSA) is 61.9 Å². The Bertz CT molecular complexity index is 829. The number of amides is 1. The van der Waals surface area contributed by atoms with Gasteiger partial charge in [0.25, 0.3) is 0 Å². The number of carbonyl (C=O) groups is 2. The molecule has 1 heterocycles. The average molecular weight is 440 g/mol. The molecule has 6 nitrogen and oxygen atoms in total. The molecule has 1 fully saturated rings. The van der Waals surface area contributed by atoms with E-state index in [-0.39, 0.29) is 30.8 Å². The van der Waals surface area contributed by atoms with Crippen LogP contribution >= 0.6 is 12.2 Å². The molecule has 3 rings (SSSR count). The lowest BCUT2D eigenvalue weighted by molar-refractivity contribution is -0.144. The molecule has 0 aromatic heterocycles. The van der Waals surface area contributed by atoms with Crippen LogP contribution in [0.25, 0.3) is 0 Å². The van der Waals surface area contributed by atoms with Gasteiger partial charge >= 0.3 is 5.97 Å². The van der Waals surface area contributed by atoms with Crippen molar-refractivity contribution in [1.29, 1.82) is 0 Å². The van der Waals surface area contributed by atoms with E-state index in [9.17, 15) is 9.59 Å². The summed E-state index contributed by atoms with van der Waals surface area (Å²) in [5.41, 5.74) is 2.52. The zero-order chi connectivity index (χ0) is 22.1. The number of nitrogens with one attached hydrogen (secondary N) is 1. The van der Waals surface area contributed by atoms with Crippen LogP contribution in [0.5, 0.6) is 0 Å². The van der Waals surface area contributed by atoms with Crippen molar-refractivity contribution < 1.29 is 14.3 Å². The predicted molar refractivity (Wildman–Crippen MR) is 124 cm³/mol. The predicted octanol–water partition coefficient (Wildman–Crippen LogP) is 3.14. The second-order valence-electron chi connectivity index (χ2n) is 7.41. The summed E-state index contributed by atoms with van der Waals surface area (Å²) in [6.45, 7) is 5.17. The van der Waals surface area contributed by atoms with E-state index in [2.05, 4.69) is 58.7 Å². The molecule has 2 aromatic rings. The van der Waals surface area contributed by atoms with Gasteiger partial charge in [0.05, 0.1) is 19.1 Å². The van der Waals surface area contributed by atoms with Crippen molar-refractivity contribution in [1.82, 2.24) is 15.1 Å². The molecule has 0 spiro atoms. The fourth-order valence-electron chi connectivity index (χ4n) is 3.78.